The van der Waals surface area contributed by atoms with Crippen LogP contribution in [0.1, 0.15) is 31.4 Å². The second-order valence-corrected chi connectivity index (χ2v) is 4.16. The Bertz CT molecular complexity index is 330. The van der Waals surface area contributed by atoms with Crippen molar-refractivity contribution in [2.75, 3.05) is 6.61 Å². The van der Waals surface area contributed by atoms with Crippen LogP contribution in [0, 0.1) is 0 Å². The van der Waals surface area contributed by atoms with Crippen molar-refractivity contribution in [2.24, 2.45) is 0 Å². The summed E-state index contributed by atoms with van der Waals surface area (Å²) in [6, 6.07) is 4.10. The van der Waals surface area contributed by atoms with E-state index in [4.69, 9.17) is 9.52 Å². The first-order chi connectivity index (χ1) is 7.81. The van der Waals surface area contributed by atoms with Gasteiger partial charge in [-0.25, -0.2) is 0 Å². The summed E-state index contributed by atoms with van der Waals surface area (Å²) in [5.41, 5.74) is 0. The number of hydrogen-bond donors (Lipinski definition) is 1. The Labute approximate surface area is 94.9 Å². The van der Waals surface area contributed by atoms with E-state index in [0.29, 0.717) is 25.4 Å². The van der Waals surface area contributed by atoms with Gasteiger partial charge in [-0.3, -0.25) is 4.79 Å². The molecule has 1 fully saturated rings. The van der Waals surface area contributed by atoms with Gasteiger partial charge in [-0.2, -0.15) is 0 Å². The van der Waals surface area contributed by atoms with E-state index < -0.39 is 0 Å². The average molecular weight is 223 g/mol. The lowest BCUT2D eigenvalue weighted by atomic mass is 10.2. The van der Waals surface area contributed by atoms with Gasteiger partial charge in [0.2, 0.25) is 5.91 Å². The molecule has 1 heterocycles. The number of carbonyl (C=O) groups excluding carboxylic acids is 1. The third-order valence-corrected chi connectivity index (χ3v) is 2.76. The highest BCUT2D eigenvalue weighted by molar-refractivity contribution is 5.76. The standard InChI is InChI=1S/C12H17NO3/c14-7-1-4-12(15)13(10-5-6-10)9-11-3-2-8-16-11/h2-3,8,10,14H,1,4-7,9H2. The highest BCUT2D eigenvalue weighted by Gasteiger charge is 2.32. The largest absolute Gasteiger partial charge is 0.467 e. The normalized spacial score (nSPS) is 15.1. The van der Waals surface area contributed by atoms with Gasteiger partial charge >= 0.3 is 0 Å². The molecular formula is C12H17NO3. The van der Waals surface area contributed by atoms with E-state index in [1.165, 1.54) is 0 Å². The number of aliphatic hydroxyl groups is 1. The van der Waals surface area contributed by atoms with Crippen molar-refractivity contribution in [3.8, 4) is 0 Å². The summed E-state index contributed by atoms with van der Waals surface area (Å²) in [5, 5.41) is 8.72. The third-order valence-electron chi connectivity index (χ3n) is 2.76. The fraction of sp³-hybridized carbons (Fsp3) is 0.583. The summed E-state index contributed by atoms with van der Waals surface area (Å²) in [5.74, 6) is 0.942. The molecule has 0 aromatic carbocycles. The van der Waals surface area contributed by atoms with Crippen LogP contribution in [0.15, 0.2) is 22.8 Å². The Balaban J connectivity index is 1.92. The molecule has 1 aliphatic rings. The minimum Gasteiger partial charge on any atom is -0.467 e. The molecule has 1 aliphatic carbocycles. The maximum atomic E-state index is 11.9. The molecule has 0 saturated heterocycles. The molecule has 1 saturated carbocycles. The molecule has 0 spiro atoms. The first-order valence-corrected chi connectivity index (χ1v) is 5.74. The molecule has 0 unspecified atom stereocenters. The van der Waals surface area contributed by atoms with Gasteiger partial charge in [-0.1, -0.05) is 0 Å². The first kappa shape index (κ1) is 11.2. The van der Waals surface area contributed by atoms with Crippen molar-refractivity contribution in [1.29, 1.82) is 0 Å². The van der Waals surface area contributed by atoms with Crippen LogP contribution < -0.4 is 0 Å². The molecule has 0 aliphatic heterocycles. The van der Waals surface area contributed by atoms with Crippen molar-refractivity contribution in [1.82, 2.24) is 4.90 Å². The quantitative estimate of drug-likeness (QED) is 0.796. The molecule has 88 valence electrons. The van der Waals surface area contributed by atoms with Crippen LogP contribution in [0.2, 0.25) is 0 Å². The highest BCUT2D eigenvalue weighted by Crippen LogP contribution is 2.29. The van der Waals surface area contributed by atoms with E-state index in [2.05, 4.69) is 0 Å². The predicted octanol–water partition coefficient (Wildman–Crippen LogP) is 1.54. The highest BCUT2D eigenvalue weighted by atomic mass is 16.3. The van der Waals surface area contributed by atoms with Crippen LogP contribution >= 0.6 is 0 Å². The van der Waals surface area contributed by atoms with Crippen LogP contribution in [0.25, 0.3) is 0 Å². The van der Waals surface area contributed by atoms with Crippen LogP contribution in [0.3, 0.4) is 0 Å². The zero-order valence-corrected chi connectivity index (χ0v) is 9.26. The van der Waals surface area contributed by atoms with Crippen LogP contribution in [0.4, 0.5) is 0 Å². The topological polar surface area (TPSA) is 53.7 Å². The van der Waals surface area contributed by atoms with Gasteiger partial charge < -0.3 is 14.4 Å². The minimum atomic E-state index is 0.0744. The fourth-order valence-corrected chi connectivity index (χ4v) is 1.75. The summed E-state index contributed by atoms with van der Waals surface area (Å²) in [4.78, 5) is 13.8. The third kappa shape index (κ3) is 2.85. The van der Waals surface area contributed by atoms with Gasteiger partial charge in [0.25, 0.3) is 0 Å². The Morgan fingerprint density at radius 1 is 1.56 bits per heavy atom. The van der Waals surface area contributed by atoms with Crippen LogP contribution in [0.5, 0.6) is 0 Å². The average Bonchev–Trinajstić information content (AvgIpc) is 3.00. The van der Waals surface area contributed by atoms with Crippen LogP contribution in [-0.2, 0) is 11.3 Å². The van der Waals surface area contributed by atoms with E-state index in [-0.39, 0.29) is 12.5 Å². The van der Waals surface area contributed by atoms with Gasteiger partial charge in [-0.05, 0) is 31.4 Å². The molecule has 2 rings (SSSR count). The lowest BCUT2D eigenvalue weighted by molar-refractivity contribution is -0.133. The summed E-state index contributed by atoms with van der Waals surface area (Å²) < 4.78 is 5.25. The van der Waals surface area contributed by atoms with E-state index in [9.17, 15) is 4.79 Å². The Morgan fingerprint density at radius 3 is 2.94 bits per heavy atom. The van der Waals surface area contributed by atoms with E-state index in [1.54, 1.807) is 6.26 Å². The Hall–Kier alpha value is -1.29. The molecule has 4 heteroatoms. The second kappa shape index (κ2) is 5.16. The molecule has 0 radical (unpaired) electrons. The van der Waals surface area contributed by atoms with E-state index >= 15 is 0 Å². The molecule has 1 aromatic heterocycles. The number of nitrogens with zero attached hydrogens (tertiary/aromatic N) is 1. The molecule has 1 N–H and O–H groups in total. The molecule has 0 bridgehead atoms. The molecule has 4 nitrogen and oxygen atoms in total. The lowest BCUT2D eigenvalue weighted by Crippen LogP contribution is -2.32. The van der Waals surface area contributed by atoms with Gasteiger partial charge in [0.15, 0.2) is 0 Å². The van der Waals surface area contributed by atoms with Crippen LogP contribution in [-0.4, -0.2) is 28.6 Å². The number of hydrogen-bond acceptors (Lipinski definition) is 3. The number of carbonyl (C=O) groups is 1. The maximum absolute atomic E-state index is 11.9. The monoisotopic (exact) mass is 223 g/mol. The number of rotatable bonds is 6. The van der Waals surface area contributed by atoms with Crippen molar-refractivity contribution >= 4 is 5.91 Å². The van der Waals surface area contributed by atoms with Crippen molar-refractivity contribution in [2.45, 2.75) is 38.3 Å². The molecule has 1 aromatic rings. The van der Waals surface area contributed by atoms with Gasteiger partial charge in [-0.15, -0.1) is 0 Å². The Morgan fingerprint density at radius 2 is 2.38 bits per heavy atom. The molecule has 0 atom stereocenters. The predicted molar refractivity (Wildman–Crippen MR) is 58.6 cm³/mol. The number of aliphatic hydroxyl groups excluding tert-OH is 1. The SMILES string of the molecule is O=C(CCCO)N(Cc1ccco1)C1CC1. The summed E-state index contributed by atoms with van der Waals surface area (Å²) in [6.07, 6.45) is 4.77. The fourth-order valence-electron chi connectivity index (χ4n) is 1.75. The number of furan rings is 1. The van der Waals surface area contributed by atoms with Gasteiger partial charge in [0.1, 0.15) is 5.76 Å². The van der Waals surface area contributed by atoms with E-state index in [0.717, 1.165) is 18.6 Å². The lowest BCUT2D eigenvalue weighted by Gasteiger charge is -2.21. The van der Waals surface area contributed by atoms with Crippen molar-refractivity contribution in [3.05, 3.63) is 24.2 Å². The first-order valence-electron chi connectivity index (χ1n) is 5.74. The Kier molecular flexibility index (Phi) is 3.62. The second-order valence-electron chi connectivity index (χ2n) is 4.16. The minimum absolute atomic E-state index is 0.0744. The molecule has 1 amide bonds. The van der Waals surface area contributed by atoms with Crippen molar-refractivity contribution < 1.29 is 14.3 Å². The smallest absolute Gasteiger partial charge is 0.223 e. The summed E-state index contributed by atoms with van der Waals surface area (Å²) in [7, 11) is 0. The zero-order valence-electron chi connectivity index (χ0n) is 9.26. The van der Waals surface area contributed by atoms with Gasteiger partial charge in [0.05, 0.1) is 12.8 Å². The molecule has 16 heavy (non-hydrogen) atoms. The summed E-state index contributed by atoms with van der Waals surface area (Å²) in [6.45, 7) is 0.632. The number of amides is 1. The van der Waals surface area contributed by atoms with Gasteiger partial charge in [0, 0.05) is 19.1 Å². The zero-order chi connectivity index (χ0) is 11.4. The van der Waals surface area contributed by atoms with E-state index in [1.807, 2.05) is 17.0 Å². The maximum Gasteiger partial charge on any atom is 0.223 e. The summed E-state index contributed by atoms with van der Waals surface area (Å²) >= 11 is 0. The molecular weight excluding hydrogens is 206 g/mol. The van der Waals surface area contributed by atoms with Crippen molar-refractivity contribution in [3.63, 3.8) is 0 Å².